The van der Waals surface area contributed by atoms with E-state index in [1.165, 1.54) is 12.1 Å². The summed E-state index contributed by atoms with van der Waals surface area (Å²) in [6.45, 7) is 16.0. The molecule has 0 radical (unpaired) electrons. The first-order valence-electron chi connectivity index (χ1n) is 13.8. The van der Waals surface area contributed by atoms with E-state index in [4.69, 9.17) is 9.16 Å². The number of benzene rings is 1. The molecule has 2 aromatic rings. The summed E-state index contributed by atoms with van der Waals surface area (Å²) in [4.78, 5) is 26.9. The first kappa shape index (κ1) is 29.5. The molecule has 1 saturated carbocycles. The van der Waals surface area contributed by atoms with Crippen molar-refractivity contribution in [1.29, 1.82) is 0 Å². The van der Waals surface area contributed by atoms with E-state index >= 15 is 8.78 Å². The number of nitrogens with one attached hydrogen (secondary N) is 1. The van der Waals surface area contributed by atoms with Crippen LogP contribution in [0.5, 0.6) is 0 Å². The molecule has 216 valence electrons. The van der Waals surface area contributed by atoms with Gasteiger partial charge in [-0.1, -0.05) is 20.8 Å². The van der Waals surface area contributed by atoms with Crippen molar-refractivity contribution in [3.05, 3.63) is 39.9 Å². The van der Waals surface area contributed by atoms with Gasteiger partial charge in [-0.3, -0.25) is 4.79 Å². The number of pyridine rings is 1. The van der Waals surface area contributed by atoms with Crippen molar-refractivity contribution in [1.82, 2.24) is 9.88 Å². The van der Waals surface area contributed by atoms with Gasteiger partial charge in [0.15, 0.2) is 8.32 Å². The Morgan fingerprint density at radius 1 is 1.18 bits per heavy atom. The summed E-state index contributed by atoms with van der Waals surface area (Å²) in [6.07, 6.45) is 1.21. The number of aromatic nitrogens is 1. The van der Waals surface area contributed by atoms with Crippen LogP contribution >= 0.6 is 0 Å². The number of ether oxygens (including phenoxy) is 1. The minimum atomic E-state index is -2.23. The predicted molar refractivity (Wildman–Crippen MR) is 153 cm³/mol. The minimum Gasteiger partial charge on any atom is -0.444 e. The number of alkyl halides is 1. The van der Waals surface area contributed by atoms with Gasteiger partial charge in [-0.2, -0.15) is 0 Å². The number of alkyl carbamates (subject to hydrolysis) is 1. The number of halogens is 2. The van der Waals surface area contributed by atoms with Gasteiger partial charge in [0, 0.05) is 36.0 Å². The molecule has 10 heteroatoms. The Balaban J connectivity index is 1.72. The molecule has 0 bridgehead atoms. The Morgan fingerprint density at radius 2 is 1.85 bits per heavy atom. The molecule has 1 aliphatic heterocycles. The summed E-state index contributed by atoms with van der Waals surface area (Å²) < 4.78 is 45.4. The van der Waals surface area contributed by atoms with Crippen LogP contribution in [0, 0.1) is 5.82 Å². The predicted octanol–water partition coefficient (Wildman–Crippen LogP) is 6.44. The van der Waals surface area contributed by atoms with E-state index in [9.17, 15) is 9.59 Å². The third-order valence-electron chi connectivity index (χ3n) is 8.10. The summed E-state index contributed by atoms with van der Waals surface area (Å²) in [5.41, 5.74) is -1.05. The van der Waals surface area contributed by atoms with Gasteiger partial charge in [0.25, 0.3) is 5.56 Å². The molecule has 1 atom stereocenters. The number of nitrogens with zero attached hydrogens (tertiary/aromatic N) is 2. The number of hydrogen-bond acceptors (Lipinski definition) is 5. The standard InChI is InChI=1S/C29H43F2N3O4Si/c1-27(2,3)38-26(36)32-17-29(31)13-14-33(18-29)25-21(16-37-39(7,8)28(4,5)6)24-19(15-22(25)30)9-12-23(35)34(24)20-10-11-20/h9,12,15,20H,10-11,13-14,16-18H2,1-8H3,(H,32,36). The molecule has 4 rings (SSSR count). The van der Waals surface area contributed by atoms with Crippen LogP contribution in [-0.2, 0) is 15.8 Å². The summed E-state index contributed by atoms with van der Waals surface area (Å²) in [6, 6.07) is 4.66. The average Bonchev–Trinajstić information content (AvgIpc) is 3.56. The lowest BCUT2D eigenvalue weighted by Crippen LogP contribution is -2.43. The van der Waals surface area contributed by atoms with E-state index in [1.807, 2.05) is 0 Å². The highest BCUT2D eigenvalue weighted by molar-refractivity contribution is 6.74. The fourth-order valence-electron chi connectivity index (χ4n) is 4.83. The second-order valence-electron chi connectivity index (χ2n) is 13.6. The zero-order valence-electron chi connectivity index (χ0n) is 24.5. The van der Waals surface area contributed by atoms with Gasteiger partial charge in [-0.05, 0) is 63.9 Å². The molecule has 2 heterocycles. The first-order chi connectivity index (χ1) is 17.9. The van der Waals surface area contributed by atoms with Gasteiger partial charge in [-0.15, -0.1) is 0 Å². The summed E-state index contributed by atoms with van der Waals surface area (Å²) in [5.74, 6) is -0.471. The minimum absolute atomic E-state index is 0.0679. The molecular weight excluding hydrogens is 520 g/mol. The third kappa shape index (κ3) is 6.48. The lowest BCUT2D eigenvalue weighted by molar-refractivity contribution is 0.0486. The van der Waals surface area contributed by atoms with Crippen LogP contribution in [0.25, 0.3) is 10.9 Å². The number of rotatable bonds is 7. The van der Waals surface area contributed by atoms with Gasteiger partial charge < -0.3 is 23.9 Å². The number of anilines is 1. The third-order valence-corrected chi connectivity index (χ3v) is 12.6. The monoisotopic (exact) mass is 563 g/mol. The zero-order valence-corrected chi connectivity index (χ0v) is 25.5. The molecule has 1 N–H and O–H groups in total. The van der Waals surface area contributed by atoms with E-state index in [1.54, 1.807) is 36.3 Å². The number of carbonyl (C=O) groups excluding carboxylic acids is 1. The maximum Gasteiger partial charge on any atom is 0.407 e. The molecule has 0 spiro atoms. The van der Waals surface area contributed by atoms with Gasteiger partial charge in [-0.25, -0.2) is 13.6 Å². The topological polar surface area (TPSA) is 72.8 Å². The highest BCUT2D eigenvalue weighted by atomic mass is 28.4. The molecule has 1 aliphatic carbocycles. The quantitative estimate of drug-likeness (QED) is 0.393. The van der Waals surface area contributed by atoms with Gasteiger partial charge in [0.1, 0.15) is 17.1 Å². The lowest BCUT2D eigenvalue weighted by atomic mass is 10.0. The number of fused-ring (bicyclic) bond motifs is 1. The summed E-state index contributed by atoms with van der Waals surface area (Å²) >= 11 is 0. The fraction of sp³-hybridized carbons (Fsp3) is 0.655. The zero-order chi connectivity index (χ0) is 29.0. The van der Waals surface area contributed by atoms with Crippen molar-refractivity contribution >= 4 is 31.0 Å². The maximum atomic E-state index is 15.9. The van der Waals surface area contributed by atoms with Crippen LogP contribution in [0.15, 0.2) is 23.0 Å². The molecule has 2 aliphatic rings. The Hall–Kier alpha value is -2.46. The van der Waals surface area contributed by atoms with E-state index in [-0.39, 0.29) is 55.0 Å². The molecule has 1 amide bonds. The SMILES string of the molecule is CC(C)(C)OC(=O)NCC1(F)CCN(c2c(F)cc3ccc(=O)n(C4CC4)c3c2CO[Si](C)(C)C(C)(C)C)C1. The van der Waals surface area contributed by atoms with E-state index < -0.39 is 31.5 Å². The molecule has 1 aromatic heterocycles. The van der Waals surface area contributed by atoms with Crippen molar-refractivity contribution in [2.45, 2.75) is 103 Å². The maximum absolute atomic E-state index is 15.9. The highest BCUT2D eigenvalue weighted by Crippen LogP contribution is 2.43. The Kier molecular flexibility index (Phi) is 7.70. The fourth-order valence-corrected chi connectivity index (χ4v) is 5.76. The van der Waals surface area contributed by atoms with Gasteiger partial charge in [0.05, 0.1) is 30.9 Å². The molecule has 1 unspecified atom stereocenters. The Bertz CT molecular complexity index is 1310. The van der Waals surface area contributed by atoms with Crippen LogP contribution in [0.2, 0.25) is 18.1 Å². The van der Waals surface area contributed by atoms with E-state index in [2.05, 4.69) is 39.2 Å². The van der Waals surface area contributed by atoms with Crippen molar-refractivity contribution in [3.63, 3.8) is 0 Å². The molecular formula is C29H43F2N3O4Si. The van der Waals surface area contributed by atoms with Crippen molar-refractivity contribution in [2.75, 3.05) is 24.5 Å². The molecule has 1 saturated heterocycles. The lowest BCUT2D eigenvalue weighted by Gasteiger charge is -2.37. The first-order valence-corrected chi connectivity index (χ1v) is 16.7. The second kappa shape index (κ2) is 10.2. The smallest absolute Gasteiger partial charge is 0.407 e. The van der Waals surface area contributed by atoms with E-state index in [0.29, 0.717) is 16.5 Å². The molecule has 1 aromatic carbocycles. The van der Waals surface area contributed by atoms with Crippen LogP contribution in [0.1, 0.15) is 72.4 Å². The number of amides is 1. The van der Waals surface area contributed by atoms with Gasteiger partial charge >= 0.3 is 6.09 Å². The Morgan fingerprint density at radius 3 is 2.44 bits per heavy atom. The number of hydrogen-bond donors (Lipinski definition) is 1. The molecule has 39 heavy (non-hydrogen) atoms. The van der Waals surface area contributed by atoms with Gasteiger partial charge in [0.2, 0.25) is 0 Å². The number of carbonyl (C=O) groups is 1. The van der Waals surface area contributed by atoms with Crippen LogP contribution < -0.4 is 15.8 Å². The average molecular weight is 564 g/mol. The van der Waals surface area contributed by atoms with E-state index in [0.717, 1.165) is 12.8 Å². The van der Waals surface area contributed by atoms with Crippen molar-refractivity contribution < 1.29 is 22.7 Å². The summed E-state index contributed by atoms with van der Waals surface area (Å²) in [7, 11) is -2.23. The van der Waals surface area contributed by atoms with Crippen molar-refractivity contribution in [3.8, 4) is 0 Å². The molecule has 2 fully saturated rings. The highest BCUT2D eigenvalue weighted by Gasteiger charge is 2.42. The largest absolute Gasteiger partial charge is 0.444 e. The molecule has 7 nitrogen and oxygen atoms in total. The van der Waals surface area contributed by atoms with Crippen LogP contribution in [-0.4, -0.2) is 49.9 Å². The van der Waals surface area contributed by atoms with Crippen LogP contribution in [0.3, 0.4) is 0 Å². The second-order valence-corrected chi connectivity index (χ2v) is 18.4. The van der Waals surface area contributed by atoms with Crippen molar-refractivity contribution in [2.24, 2.45) is 0 Å². The van der Waals surface area contributed by atoms with Crippen LogP contribution in [0.4, 0.5) is 19.3 Å². The Labute approximate surface area is 231 Å². The summed E-state index contributed by atoms with van der Waals surface area (Å²) in [5, 5.41) is 3.10. The normalized spacial score (nSPS) is 20.5.